The summed E-state index contributed by atoms with van der Waals surface area (Å²) >= 11 is 3.39. The Kier molecular flexibility index (Phi) is 4.80. The minimum Gasteiger partial charge on any atom is -0.488 e. The van der Waals surface area contributed by atoms with Gasteiger partial charge in [-0.3, -0.25) is 4.98 Å². The summed E-state index contributed by atoms with van der Waals surface area (Å²) in [5.41, 5.74) is 8.72. The van der Waals surface area contributed by atoms with Crippen molar-refractivity contribution in [1.29, 1.82) is 0 Å². The van der Waals surface area contributed by atoms with E-state index in [1.54, 1.807) is 13.0 Å². The van der Waals surface area contributed by atoms with Crippen molar-refractivity contribution in [2.24, 2.45) is 10.9 Å². The number of nitrogens with two attached hydrogens (primary N) is 1. The van der Waals surface area contributed by atoms with E-state index in [0.717, 1.165) is 15.7 Å². The molecule has 21 heavy (non-hydrogen) atoms. The highest BCUT2D eigenvalue weighted by molar-refractivity contribution is 9.10. The maximum atomic E-state index is 8.90. The molecule has 0 bridgehead atoms. The molecule has 0 saturated heterocycles. The van der Waals surface area contributed by atoms with E-state index in [9.17, 15) is 0 Å². The molecular formula is C15H16BrN3O2. The van der Waals surface area contributed by atoms with Gasteiger partial charge in [0.1, 0.15) is 12.4 Å². The largest absolute Gasteiger partial charge is 0.488 e. The molecule has 0 atom stereocenters. The number of hydrogen-bond acceptors (Lipinski definition) is 4. The lowest BCUT2D eigenvalue weighted by molar-refractivity contribution is 0.302. The van der Waals surface area contributed by atoms with E-state index in [0.29, 0.717) is 23.6 Å². The van der Waals surface area contributed by atoms with Crippen molar-refractivity contribution in [3.05, 3.63) is 57.3 Å². The molecule has 1 heterocycles. The molecule has 0 radical (unpaired) electrons. The standard InChI is InChI=1S/C15H16BrN3O2/c1-9-7-13(14(10(2)18-9)15(17)19-20)21-8-11-3-5-12(16)6-4-11/h3-7,20H,8H2,1-2H3,(H2,17,19). The number of rotatable bonds is 4. The lowest BCUT2D eigenvalue weighted by Crippen LogP contribution is -2.17. The number of aromatic nitrogens is 1. The Morgan fingerprint density at radius 1 is 1.33 bits per heavy atom. The van der Waals surface area contributed by atoms with Crippen LogP contribution in [0.3, 0.4) is 0 Å². The Morgan fingerprint density at radius 3 is 2.62 bits per heavy atom. The topological polar surface area (TPSA) is 80.7 Å². The summed E-state index contributed by atoms with van der Waals surface area (Å²) < 4.78 is 6.83. The first-order valence-electron chi connectivity index (χ1n) is 6.34. The third kappa shape index (κ3) is 3.72. The van der Waals surface area contributed by atoms with Gasteiger partial charge in [-0.1, -0.05) is 33.2 Å². The second kappa shape index (κ2) is 6.58. The van der Waals surface area contributed by atoms with Crippen LogP contribution in [0.15, 0.2) is 40.0 Å². The van der Waals surface area contributed by atoms with Gasteiger partial charge in [-0.05, 0) is 31.5 Å². The SMILES string of the molecule is Cc1cc(OCc2ccc(Br)cc2)c(/C(N)=N/O)c(C)n1. The molecule has 0 amide bonds. The minimum absolute atomic E-state index is 0.00851. The van der Waals surface area contributed by atoms with Gasteiger partial charge < -0.3 is 15.7 Å². The summed E-state index contributed by atoms with van der Waals surface area (Å²) in [6.07, 6.45) is 0. The predicted octanol–water partition coefficient (Wildman–Crippen LogP) is 3.13. The van der Waals surface area contributed by atoms with Crippen molar-refractivity contribution < 1.29 is 9.94 Å². The monoisotopic (exact) mass is 349 g/mol. The molecule has 0 aliphatic heterocycles. The van der Waals surface area contributed by atoms with E-state index in [1.165, 1.54) is 0 Å². The number of ether oxygens (including phenoxy) is 1. The fourth-order valence-electron chi connectivity index (χ4n) is 2.01. The first-order chi connectivity index (χ1) is 10.0. The molecule has 0 fully saturated rings. The molecule has 2 rings (SSSR count). The average Bonchev–Trinajstić information content (AvgIpc) is 2.45. The normalized spacial score (nSPS) is 11.5. The molecule has 0 aliphatic carbocycles. The van der Waals surface area contributed by atoms with Gasteiger partial charge in [-0.25, -0.2) is 0 Å². The maximum absolute atomic E-state index is 8.90. The van der Waals surface area contributed by atoms with Crippen LogP contribution in [0.1, 0.15) is 22.5 Å². The minimum atomic E-state index is -0.00851. The molecule has 0 spiro atoms. The average molecular weight is 350 g/mol. The van der Waals surface area contributed by atoms with E-state index in [-0.39, 0.29) is 5.84 Å². The van der Waals surface area contributed by atoms with Gasteiger partial charge in [-0.2, -0.15) is 0 Å². The lowest BCUT2D eigenvalue weighted by Gasteiger charge is -2.13. The second-order valence-corrected chi connectivity index (χ2v) is 5.54. The van der Waals surface area contributed by atoms with E-state index >= 15 is 0 Å². The van der Waals surface area contributed by atoms with Gasteiger partial charge >= 0.3 is 0 Å². The number of amidine groups is 1. The van der Waals surface area contributed by atoms with Crippen LogP contribution in [0.25, 0.3) is 0 Å². The van der Waals surface area contributed by atoms with Gasteiger partial charge in [0.2, 0.25) is 0 Å². The fourth-order valence-corrected chi connectivity index (χ4v) is 2.27. The van der Waals surface area contributed by atoms with E-state index in [4.69, 9.17) is 15.7 Å². The van der Waals surface area contributed by atoms with Crippen LogP contribution in [0, 0.1) is 13.8 Å². The number of aryl methyl sites for hydroxylation is 2. The number of oxime groups is 1. The molecule has 1 aromatic heterocycles. The Labute approximate surface area is 131 Å². The zero-order chi connectivity index (χ0) is 15.4. The first kappa shape index (κ1) is 15.3. The third-order valence-electron chi connectivity index (χ3n) is 2.96. The first-order valence-corrected chi connectivity index (χ1v) is 7.14. The Balaban J connectivity index is 2.28. The van der Waals surface area contributed by atoms with E-state index in [1.807, 2.05) is 31.2 Å². The fraction of sp³-hybridized carbons (Fsp3) is 0.200. The lowest BCUT2D eigenvalue weighted by atomic mass is 10.1. The number of pyridine rings is 1. The molecule has 1 aromatic carbocycles. The molecule has 5 nitrogen and oxygen atoms in total. The second-order valence-electron chi connectivity index (χ2n) is 4.62. The van der Waals surface area contributed by atoms with Crippen molar-refractivity contribution in [2.75, 3.05) is 0 Å². The molecule has 0 saturated carbocycles. The molecule has 2 aromatic rings. The molecule has 6 heteroatoms. The van der Waals surface area contributed by atoms with Gasteiger partial charge in [0.25, 0.3) is 0 Å². The van der Waals surface area contributed by atoms with Crippen LogP contribution in [0.2, 0.25) is 0 Å². The zero-order valence-electron chi connectivity index (χ0n) is 11.8. The summed E-state index contributed by atoms with van der Waals surface area (Å²) in [6.45, 7) is 4.06. The third-order valence-corrected chi connectivity index (χ3v) is 3.49. The highest BCUT2D eigenvalue weighted by Crippen LogP contribution is 2.23. The smallest absolute Gasteiger partial charge is 0.175 e. The maximum Gasteiger partial charge on any atom is 0.175 e. The number of nitrogens with zero attached hydrogens (tertiary/aromatic N) is 2. The molecule has 3 N–H and O–H groups in total. The van der Waals surface area contributed by atoms with E-state index in [2.05, 4.69) is 26.1 Å². The molecular weight excluding hydrogens is 334 g/mol. The van der Waals surface area contributed by atoms with Gasteiger partial charge in [0, 0.05) is 16.2 Å². The Morgan fingerprint density at radius 2 is 2.00 bits per heavy atom. The highest BCUT2D eigenvalue weighted by Gasteiger charge is 2.14. The zero-order valence-corrected chi connectivity index (χ0v) is 13.4. The van der Waals surface area contributed by atoms with Crippen molar-refractivity contribution in [3.63, 3.8) is 0 Å². The summed E-state index contributed by atoms with van der Waals surface area (Å²) in [6, 6.07) is 9.61. The summed E-state index contributed by atoms with van der Waals surface area (Å²) in [5.74, 6) is 0.545. The van der Waals surface area contributed by atoms with Crippen molar-refractivity contribution in [3.8, 4) is 5.75 Å². The van der Waals surface area contributed by atoms with Gasteiger partial charge in [0.15, 0.2) is 5.84 Å². The van der Waals surface area contributed by atoms with Gasteiger partial charge in [-0.15, -0.1) is 0 Å². The van der Waals surface area contributed by atoms with Gasteiger partial charge in [0.05, 0.1) is 11.3 Å². The Bertz CT molecular complexity index is 669. The van der Waals surface area contributed by atoms with Crippen molar-refractivity contribution >= 4 is 21.8 Å². The van der Waals surface area contributed by atoms with Crippen LogP contribution < -0.4 is 10.5 Å². The summed E-state index contributed by atoms with van der Waals surface area (Å²) in [7, 11) is 0. The van der Waals surface area contributed by atoms with Crippen molar-refractivity contribution in [2.45, 2.75) is 20.5 Å². The highest BCUT2D eigenvalue weighted by atomic mass is 79.9. The number of benzene rings is 1. The van der Waals surface area contributed by atoms with Crippen LogP contribution >= 0.6 is 15.9 Å². The molecule has 110 valence electrons. The van der Waals surface area contributed by atoms with Crippen LogP contribution in [0.4, 0.5) is 0 Å². The quantitative estimate of drug-likeness (QED) is 0.384. The Hall–Kier alpha value is -2.08. The summed E-state index contributed by atoms with van der Waals surface area (Å²) in [4.78, 5) is 4.31. The predicted molar refractivity (Wildman–Crippen MR) is 84.7 cm³/mol. The number of halogens is 1. The number of hydrogen-bond donors (Lipinski definition) is 2. The van der Waals surface area contributed by atoms with E-state index < -0.39 is 0 Å². The van der Waals surface area contributed by atoms with Crippen molar-refractivity contribution in [1.82, 2.24) is 4.98 Å². The van der Waals surface area contributed by atoms with Crippen LogP contribution in [-0.2, 0) is 6.61 Å². The van der Waals surface area contributed by atoms with Crippen LogP contribution in [0.5, 0.6) is 5.75 Å². The molecule has 0 unspecified atom stereocenters. The summed E-state index contributed by atoms with van der Waals surface area (Å²) in [5, 5.41) is 11.9. The van der Waals surface area contributed by atoms with Crippen LogP contribution in [-0.4, -0.2) is 16.0 Å². The molecule has 0 aliphatic rings.